The van der Waals surface area contributed by atoms with Crippen molar-refractivity contribution in [1.82, 2.24) is 9.55 Å². The van der Waals surface area contributed by atoms with Crippen molar-refractivity contribution in [3.8, 4) is 0 Å². The number of imidazole rings is 1. The van der Waals surface area contributed by atoms with Crippen molar-refractivity contribution < 1.29 is 24.5 Å². The Kier molecular flexibility index (Phi) is 9.80. The highest BCUT2D eigenvalue weighted by atomic mass is 35.5. The van der Waals surface area contributed by atoms with Gasteiger partial charge < -0.3 is 24.0 Å². The van der Waals surface area contributed by atoms with Gasteiger partial charge in [0.15, 0.2) is 0 Å². The predicted molar refractivity (Wildman–Crippen MR) is 110 cm³/mol. The van der Waals surface area contributed by atoms with Crippen LogP contribution >= 0.6 is 23.2 Å². The molecule has 1 aromatic heterocycles. The van der Waals surface area contributed by atoms with Gasteiger partial charge in [0, 0.05) is 29.6 Å². The van der Waals surface area contributed by atoms with Gasteiger partial charge in [-0.2, -0.15) is 0 Å². The Bertz CT molecular complexity index is 789. The van der Waals surface area contributed by atoms with Crippen LogP contribution in [-0.2, 0) is 26.5 Å². The van der Waals surface area contributed by atoms with Gasteiger partial charge in [-0.3, -0.25) is 0 Å². The molecule has 9 nitrogen and oxygen atoms in total. The topological polar surface area (TPSA) is 109 Å². The fourth-order valence-electron chi connectivity index (χ4n) is 3.04. The summed E-state index contributed by atoms with van der Waals surface area (Å²) in [6, 6.07) is 5.35. The lowest BCUT2D eigenvalue weighted by Gasteiger charge is -2.30. The quantitative estimate of drug-likeness (QED) is 0.336. The molecule has 0 bridgehead atoms. The summed E-state index contributed by atoms with van der Waals surface area (Å²) >= 11 is 12.5. The number of benzene rings is 1. The maximum absolute atomic E-state index is 8.36. The summed E-state index contributed by atoms with van der Waals surface area (Å²) in [5, 5.41) is 14.7. The Morgan fingerprint density at radius 3 is 2.83 bits per heavy atom. The minimum atomic E-state index is -1.50. The van der Waals surface area contributed by atoms with Crippen LogP contribution in [0, 0.1) is 10.1 Å². The molecule has 1 N–H and O–H groups in total. The molecule has 2 unspecified atom stereocenters. The lowest BCUT2D eigenvalue weighted by molar-refractivity contribution is -0.742. The van der Waals surface area contributed by atoms with Crippen LogP contribution in [0.25, 0.3) is 0 Å². The molecule has 0 spiro atoms. The van der Waals surface area contributed by atoms with E-state index >= 15 is 0 Å². The van der Waals surface area contributed by atoms with Gasteiger partial charge in [0.25, 0.3) is 5.09 Å². The second-order valence-electron chi connectivity index (χ2n) is 6.68. The van der Waals surface area contributed by atoms with Crippen molar-refractivity contribution in [2.75, 3.05) is 19.8 Å². The van der Waals surface area contributed by atoms with Crippen LogP contribution in [0.5, 0.6) is 0 Å². The fourth-order valence-corrected chi connectivity index (χ4v) is 3.60. The first kappa shape index (κ1) is 24.4. The Balaban J connectivity index is 0.000000735. The number of hydrogen-bond donors (Lipinski definition) is 1. The van der Waals surface area contributed by atoms with Crippen LogP contribution in [0.2, 0.25) is 10.0 Å². The number of aromatic nitrogens is 2. The van der Waals surface area contributed by atoms with E-state index in [0.717, 1.165) is 18.6 Å². The van der Waals surface area contributed by atoms with Crippen LogP contribution in [-0.4, -0.2) is 45.8 Å². The molecule has 0 amide bonds. The zero-order chi connectivity index (χ0) is 22.0. The van der Waals surface area contributed by atoms with Gasteiger partial charge in [0.05, 0.1) is 31.1 Å². The molecule has 1 saturated heterocycles. The second-order valence-corrected chi connectivity index (χ2v) is 7.53. The minimum absolute atomic E-state index is 0.146. The smallest absolute Gasteiger partial charge is 0.291 e. The molecule has 2 heterocycles. The molecule has 11 heteroatoms. The number of rotatable bonds is 9. The maximum atomic E-state index is 8.36. The highest BCUT2D eigenvalue weighted by Gasteiger charge is 2.45. The first-order valence-corrected chi connectivity index (χ1v) is 10.3. The summed E-state index contributed by atoms with van der Waals surface area (Å²) < 4.78 is 20.1. The summed E-state index contributed by atoms with van der Waals surface area (Å²) in [7, 11) is 0. The summed E-state index contributed by atoms with van der Waals surface area (Å²) in [6.07, 6.45) is 8.59. The van der Waals surface area contributed by atoms with Crippen molar-refractivity contribution in [3.05, 3.63) is 62.6 Å². The van der Waals surface area contributed by atoms with E-state index in [1.165, 1.54) is 12.8 Å². The van der Waals surface area contributed by atoms with Crippen molar-refractivity contribution in [2.45, 2.75) is 44.6 Å². The molecular weight excluding hydrogens is 437 g/mol. The largest absolute Gasteiger partial charge is 0.379 e. The molecule has 1 aromatic carbocycles. The van der Waals surface area contributed by atoms with E-state index in [2.05, 4.69) is 11.9 Å². The third-order valence-corrected chi connectivity index (χ3v) is 4.89. The van der Waals surface area contributed by atoms with Gasteiger partial charge in [0.2, 0.25) is 5.79 Å². The van der Waals surface area contributed by atoms with Gasteiger partial charge in [-0.25, -0.2) is 4.98 Å². The van der Waals surface area contributed by atoms with E-state index in [1.807, 2.05) is 16.8 Å². The van der Waals surface area contributed by atoms with Crippen molar-refractivity contribution in [3.63, 3.8) is 0 Å². The summed E-state index contributed by atoms with van der Waals surface area (Å²) in [6.45, 7) is 4.31. The first-order valence-electron chi connectivity index (χ1n) is 9.50. The van der Waals surface area contributed by atoms with E-state index in [0.29, 0.717) is 29.8 Å². The van der Waals surface area contributed by atoms with Crippen LogP contribution in [0.3, 0.4) is 0 Å². The zero-order valence-corrected chi connectivity index (χ0v) is 18.1. The van der Waals surface area contributed by atoms with E-state index in [1.54, 1.807) is 24.7 Å². The van der Waals surface area contributed by atoms with Gasteiger partial charge in [-0.15, -0.1) is 10.1 Å². The van der Waals surface area contributed by atoms with Crippen molar-refractivity contribution in [1.29, 1.82) is 0 Å². The highest BCUT2D eigenvalue weighted by molar-refractivity contribution is 6.35. The Morgan fingerprint density at radius 1 is 1.43 bits per heavy atom. The van der Waals surface area contributed by atoms with Crippen LogP contribution < -0.4 is 0 Å². The SMILES string of the molecule is CCCCCOCC1COC(Cn2ccnc2)(c2ccc(Cl)cc2Cl)O1.O=[N+]([O-])O. The lowest BCUT2D eigenvalue weighted by Crippen LogP contribution is -2.34. The number of halogens is 2. The van der Waals surface area contributed by atoms with E-state index < -0.39 is 10.9 Å². The highest BCUT2D eigenvalue weighted by Crippen LogP contribution is 2.40. The number of nitrogens with zero attached hydrogens (tertiary/aromatic N) is 3. The molecule has 2 aromatic rings. The maximum Gasteiger partial charge on any atom is 0.291 e. The van der Waals surface area contributed by atoms with E-state index in [-0.39, 0.29) is 6.10 Å². The average Bonchev–Trinajstić information content (AvgIpc) is 3.32. The van der Waals surface area contributed by atoms with Crippen molar-refractivity contribution >= 4 is 23.2 Å². The van der Waals surface area contributed by atoms with E-state index in [9.17, 15) is 0 Å². The fraction of sp³-hybridized carbons (Fsp3) is 0.526. The molecule has 0 radical (unpaired) electrons. The molecule has 1 fully saturated rings. The monoisotopic (exact) mass is 461 g/mol. The van der Waals surface area contributed by atoms with Crippen LogP contribution in [0.1, 0.15) is 31.7 Å². The van der Waals surface area contributed by atoms with Crippen LogP contribution in [0.4, 0.5) is 0 Å². The zero-order valence-electron chi connectivity index (χ0n) is 16.6. The summed E-state index contributed by atoms with van der Waals surface area (Å²) in [4.78, 5) is 12.5. The Hall–Kier alpha value is -1.91. The van der Waals surface area contributed by atoms with Gasteiger partial charge >= 0.3 is 0 Å². The Morgan fingerprint density at radius 2 is 2.20 bits per heavy atom. The summed E-state index contributed by atoms with van der Waals surface area (Å²) in [5.74, 6) is -0.986. The molecule has 30 heavy (non-hydrogen) atoms. The molecule has 1 aliphatic heterocycles. The number of hydrogen-bond acceptors (Lipinski definition) is 6. The predicted octanol–water partition coefficient (Wildman–Crippen LogP) is 4.32. The lowest BCUT2D eigenvalue weighted by atomic mass is 10.1. The third kappa shape index (κ3) is 7.41. The van der Waals surface area contributed by atoms with E-state index in [4.69, 9.17) is 52.7 Å². The molecular formula is C19H25Cl2N3O6. The van der Waals surface area contributed by atoms with Gasteiger partial charge in [-0.1, -0.05) is 49.0 Å². The molecule has 0 saturated carbocycles. The molecule has 0 aliphatic carbocycles. The Labute approximate surface area is 184 Å². The number of ether oxygens (including phenoxy) is 3. The first-order chi connectivity index (χ1) is 14.4. The average molecular weight is 462 g/mol. The normalized spacial score (nSPS) is 20.6. The summed E-state index contributed by atoms with van der Waals surface area (Å²) in [5.41, 5.74) is 0.755. The van der Waals surface area contributed by atoms with Crippen LogP contribution in [0.15, 0.2) is 36.9 Å². The van der Waals surface area contributed by atoms with Crippen molar-refractivity contribution in [2.24, 2.45) is 0 Å². The molecule has 2 atom stereocenters. The molecule has 3 rings (SSSR count). The number of unbranched alkanes of at least 4 members (excludes halogenated alkanes) is 2. The van der Waals surface area contributed by atoms with Gasteiger partial charge in [-0.05, 0) is 18.6 Å². The molecule has 1 aliphatic rings. The molecule has 166 valence electrons. The standard InChI is InChI=1S/C19H24Cl2N2O3.HNO3/c1-2-3-4-9-24-11-16-12-25-19(26-16,13-23-8-7-22-14-23)17-6-5-15(20)10-18(17)21;2-1(3)4/h5-8,10,14,16H,2-4,9,11-13H2,1H3;(H,2,3,4). The minimum Gasteiger partial charge on any atom is -0.379 e. The van der Waals surface area contributed by atoms with Gasteiger partial charge in [0.1, 0.15) is 6.10 Å². The third-order valence-electron chi connectivity index (χ3n) is 4.35. The second kappa shape index (κ2) is 12.1.